The minimum Gasteiger partial charge on any atom is -0.152 e. The summed E-state index contributed by atoms with van der Waals surface area (Å²) in [5, 5.41) is 7.33. The molecule has 46 valence electrons. The van der Waals surface area contributed by atoms with Crippen molar-refractivity contribution in [3.63, 3.8) is 0 Å². The Morgan fingerprint density at radius 1 is 1.78 bits per heavy atom. The summed E-state index contributed by atoms with van der Waals surface area (Å²) in [6, 6.07) is 1.94. The lowest BCUT2D eigenvalue weighted by atomic mass is 10.4. The van der Waals surface area contributed by atoms with Crippen LogP contribution in [0.15, 0.2) is 21.9 Å². The molecule has 1 heterocycles. The van der Waals surface area contributed by atoms with Gasteiger partial charge in [-0.05, 0) is 27.9 Å². The van der Waals surface area contributed by atoms with Crippen molar-refractivity contribution < 1.29 is 0 Å². The third kappa shape index (κ3) is 1.76. The van der Waals surface area contributed by atoms with E-state index in [1.165, 1.54) is 0 Å². The fraction of sp³-hybridized carbons (Fsp3) is 0.200. The summed E-state index contributed by atoms with van der Waals surface area (Å²) in [6.07, 6.45) is 0. The van der Waals surface area contributed by atoms with Gasteiger partial charge in [0.25, 0.3) is 0 Å². The van der Waals surface area contributed by atoms with Crippen LogP contribution in [0.2, 0.25) is 0 Å². The van der Waals surface area contributed by atoms with Crippen LogP contribution in [0.25, 0.3) is 10.4 Å². The second kappa shape index (κ2) is 3.12. The van der Waals surface area contributed by atoms with Gasteiger partial charge in [0.2, 0.25) is 0 Å². The molecule has 0 aliphatic carbocycles. The highest BCUT2D eigenvalue weighted by Crippen LogP contribution is 2.06. The van der Waals surface area contributed by atoms with Crippen molar-refractivity contribution >= 4 is 11.3 Å². The predicted octanol–water partition coefficient (Wildman–Crippen LogP) is 2.56. The van der Waals surface area contributed by atoms with Crippen molar-refractivity contribution in [2.75, 3.05) is 0 Å². The molecule has 0 aliphatic rings. The van der Waals surface area contributed by atoms with Gasteiger partial charge in [-0.15, -0.1) is 0 Å². The first kappa shape index (κ1) is 6.13. The van der Waals surface area contributed by atoms with Gasteiger partial charge < -0.3 is 0 Å². The molecule has 1 aromatic rings. The van der Waals surface area contributed by atoms with Crippen molar-refractivity contribution in [3.8, 4) is 0 Å². The van der Waals surface area contributed by atoms with Gasteiger partial charge in [-0.1, -0.05) is 5.11 Å². The molecule has 1 rings (SSSR count). The monoisotopic (exact) mass is 139 g/mol. The van der Waals surface area contributed by atoms with E-state index in [4.69, 9.17) is 5.53 Å². The fourth-order valence-electron chi connectivity index (χ4n) is 0.496. The van der Waals surface area contributed by atoms with Gasteiger partial charge in [0.15, 0.2) is 0 Å². The number of rotatable bonds is 2. The zero-order valence-corrected chi connectivity index (χ0v) is 5.51. The molecule has 0 atom stereocenters. The maximum Gasteiger partial charge on any atom is 0.0519 e. The minimum atomic E-state index is 0.472. The van der Waals surface area contributed by atoms with Crippen LogP contribution in [0.4, 0.5) is 0 Å². The van der Waals surface area contributed by atoms with Crippen LogP contribution in [0, 0.1) is 0 Å². The highest BCUT2D eigenvalue weighted by Gasteiger charge is 1.86. The van der Waals surface area contributed by atoms with E-state index in [0.717, 1.165) is 5.56 Å². The fourth-order valence-corrected chi connectivity index (χ4v) is 1.16. The summed E-state index contributed by atoms with van der Waals surface area (Å²) in [4.78, 5) is 2.64. The Balaban J connectivity index is 2.57. The Hall–Kier alpha value is -0.990. The van der Waals surface area contributed by atoms with Crippen LogP contribution in [0.5, 0.6) is 0 Å². The largest absolute Gasteiger partial charge is 0.152 e. The third-order valence-electron chi connectivity index (χ3n) is 0.897. The van der Waals surface area contributed by atoms with E-state index in [2.05, 4.69) is 10.0 Å². The van der Waals surface area contributed by atoms with E-state index in [-0.39, 0.29) is 0 Å². The van der Waals surface area contributed by atoms with E-state index in [0.29, 0.717) is 6.54 Å². The number of thiophene rings is 1. The molecule has 0 unspecified atom stereocenters. The molecular formula is C5H5N3S. The third-order valence-corrected chi connectivity index (χ3v) is 1.63. The van der Waals surface area contributed by atoms with Gasteiger partial charge in [-0.2, -0.15) is 11.3 Å². The van der Waals surface area contributed by atoms with E-state index in [1.54, 1.807) is 11.3 Å². The molecule has 0 fully saturated rings. The van der Waals surface area contributed by atoms with Crippen molar-refractivity contribution in [3.05, 3.63) is 32.8 Å². The van der Waals surface area contributed by atoms with Gasteiger partial charge >= 0.3 is 0 Å². The molecule has 0 saturated heterocycles. The van der Waals surface area contributed by atoms with Crippen molar-refractivity contribution in [2.24, 2.45) is 5.11 Å². The molecule has 0 aliphatic heterocycles. The summed E-state index contributed by atoms with van der Waals surface area (Å²) in [7, 11) is 0. The topological polar surface area (TPSA) is 48.8 Å². The van der Waals surface area contributed by atoms with Gasteiger partial charge in [-0.3, -0.25) is 0 Å². The van der Waals surface area contributed by atoms with E-state index in [9.17, 15) is 0 Å². The molecule has 9 heavy (non-hydrogen) atoms. The smallest absolute Gasteiger partial charge is 0.0519 e. The van der Waals surface area contributed by atoms with Crippen molar-refractivity contribution in [1.82, 2.24) is 0 Å². The van der Waals surface area contributed by atoms with Gasteiger partial charge in [0, 0.05) is 4.91 Å². The molecule has 0 N–H and O–H groups in total. The normalized spacial score (nSPS) is 8.44. The van der Waals surface area contributed by atoms with Crippen LogP contribution in [0.3, 0.4) is 0 Å². The first-order valence-corrected chi connectivity index (χ1v) is 3.39. The highest BCUT2D eigenvalue weighted by atomic mass is 32.1. The second-order valence-corrected chi connectivity index (χ2v) is 2.30. The molecule has 0 radical (unpaired) electrons. The lowest BCUT2D eigenvalue weighted by Gasteiger charge is -1.80. The highest BCUT2D eigenvalue weighted by molar-refractivity contribution is 7.07. The first-order valence-electron chi connectivity index (χ1n) is 2.45. The molecule has 0 saturated carbocycles. The maximum atomic E-state index is 7.93. The SMILES string of the molecule is [N-]=[N+]=NCc1ccsc1. The van der Waals surface area contributed by atoms with E-state index in [1.807, 2.05) is 16.8 Å². The molecule has 4 heteroatoms. The molecule has 3 nitrogen and oxygen atoms in total. The predicted molar refractivity (Wildman–Crippen MR) is 37.2 cm³/mol. The van der Waals surface area contributed by atoms with E-state index < -0.39 is 0 Å². The summed E-state index contributed by atoms with van der Waals surface area (Å²) in [5.74, 6) is 0. The molecule has 1 aromatic heterocycles. The van der Waals surface area contributed by atoms with Gasteiger partial charge in [0.05, 0.1) is 6.54 Å². The van der Waals surface area contributed by atoms with E-state index >= 15 is 0 Å². The zero-order valence-electron chi connectivity index (χ0n) is 4.69. The Labute approximate surface area is 56.6 Å². The Morgan fingerprint density at radius 2 is 2.67 bits per heavy atom. The van der Waals surface area contributed by atoms with Gasteiger partial charge in [-0.25, -0.2) is 0 Å². The Kier molecular flexibility index (Phi) is 2.13. The lowest BCUT2D eigenvalue weighted by Crippen LogP contribution is -1.69. The summed E-state index contributed by atoms with van der Waals surface area (Å²) in [5.41, 5.74) is 9.01. The summed E-state index contributed by atoms with van der Waals surface area (Å²) in [6.45, 7) is 0.472. The van der Waals surface area contributed by atoms with Crippen LogP contribution < -0.4 is 0 Å². The first-order chi connectivity index (χ1) is 4.43. The van der Waals surface area contributed by atoms with Crippen molar-refractivity contribution in [1.29, 1.82) is 0 Å². The van der Waals surface area contributed by atoms with Crippen LogP contribution >= 0.6 is 11.3 Å². The Bertz CT molecular complexity index is 210. The molecular weight excluding hydrogens is 134 g/mol. The van der Waals surface area contributed by atoms with Crippen LogP contribution in [-0.2, 0) is 6.54 Å². The number of hydrogen-bond acceptors (Lipinski definition) is 2. The quantitative estimate of drug-likeness (QED) is 0.343. The Morgan fingerprint density at radius 3 is 3.22 bits per heavy atom. The average Bonchev–Trinajstić information content (AvgIpc) is 2.34. The molecule has 0 bridgehead atoms. The van der Waals surface area contributed by atoms with Crippen LogP contribution in [-0.4, -0.2) is 0 Å². The average molecular weight is 139 g/mol. The molecule has 0 aromatic carbocycles. The zero-order chi connectivity index (χ0) is 6.53. The minimum absolute atomic E-state index is 0.472. The number of hydrogen-bond donors (Lipinski definition) is 0. The standard InChI is InChI=1S/C5H5N3S/c6-8-7-3-5-1-2-9-4-5/h1-2,4H,3H2. The van der Waals surface area contributed by atoms with Gasteiger partial charge in [0.1, 0.15) is 0 Å². The van der Waals surface area contributed by atoms with Crippen LogP contribution in [0.1, 0.15) is 5.56 Å². The second-order valence-electron chi connectivity index (χ2n) is 1.52. The maximum absolute atomic E-state index is 7.93. The summed E-state index contributed by atoms with van der Waals surface area (Å²) < 4.78 is 0. The lowest BCUT2D eigenvalue weighted by molar-refractivity contribution is 1.06. The molecule has 0 spiro atoms. The number of nitrogens with zero attached hydrogens (tertiary/aromatic N) is 3. The number of azide groups is 1. The van der Waals surface area contributed by atoms with Crippen molar-refractivity contribution in [2.45, 2.75) is 6.54 Å². The summed E-state index contributed by atoms with van der Waals surface area (Å²) >= 11 is 1.61. The molecule has 0 amide bonds.